The maximum Gasteiger partial charge on any atom is 0.328 e. The van der Waals surface area contributed by atoms with Gasteiger partial charge in [-0.1, -0.05) is 0 Å². The Hall–Kier alpha value is -1.85. The van der Waals surface area contributed by atoms with Gasteiger partial charge in [-0.3, -0.25) is 9.59 Å². The molecule has 0 saturated carbocycles. The van der Waals surface area contributed by atoms with Gasteiger partial charge < -0.3 is 15.3 Å². The molecular formula is C9H12N2O4. The van der Waals surface area contributed by atoms with Crippen molar-refractivity contribution in [1.29, 1.82) is 0 Å². The Bertz CT molecular complexity index is 311. The lowest BCUT2D eigenvalue weighted by Gasteiger charge is -2.16. The van der Waals surface area contributed by atoms with E-state index in [1.165, 1.54) is 4.90 Å². The van der Waals surface area contributed by atoms with Gasteiger partial charge >= 0.3 is 5.97 Å². The van der Waals surface area contributed by atoms with Crippen LogP contribution in [-0.4, -0.2) is 47.4 Å². The summed E-state index contributed by atoms with van der Waals surface area (Å²) >= 11 is 0. The average molecular weight is 212 g/mol. The quantitative estimate of drug-likeness (QED) is 0.573. The molecule has 15 heavy (non-hydrogen) atoms. The van der Waals surface area contributed by atoms with E-state index in [2.05, 4.69) is 5.32 Å². The van der Waals surface area contributed by atoms with Gasteiger partial charge in [0.15, 0.2) is 0 Å². The van der Waals surface area contributed by atoms with Gasteiger partial charge in [0.1, 0.15) is 0 Å². The molecule has 1 fully saturated rings. The van der Waals surface area contributed by atoms with Crippen LogP contribution in [0.1, 0.15) is 6.42 Å². The predicted octanol–water partition coefficient (Wildman–Crippen LogP) is -1.02. The fraction of sp³-hybridized carbons (Fsp3) is 0.444. The zero-order valence-corrected chi connectivity index (χ0v) is 8.10. The van der Waals surface area contributed by atoms with Crippen molar-refractivity contribution < 1.29 is 19.5 Å². The van der Waals surface area contributed by atoms with E-state index in [9.17, 15) is 14.4 Å². The van der Waals surface area contributed by atoms with Crippen LogP contribution in [0.25, 0.3) is 0 Å². The molecule has 0 aromatic carbocycles. The molecule has 0 radical (unpaired) electrons. The Morgan fingerprint density at radius 2 is 2.07 bits per heavy atom. The lowest BCUT2D eigenvalue weighted by molar-refractivity contribution is -0.132. The van der Waals surface area contributed by atoms with E-state index in [1.54, 1.807) is 0 Å². The van der Waals surface area contributed by atoms with E-state index in [-0.39, 0.29) is 18.2 Å². The van der Waals surface area contributed by atoms with Crippen LogP contribution in [0.2, 0.25) is 0 Å². The SMILES string of the molecule is O=C(O)/C=C/C(=O)N1CCNC(=O)CC1. The minimum atomic E-state index is -1.16. The molecular weight excluding hydrogens is 200 g/mol. The van der Waals surface area contributed by atoms with Crippen molar-refractivity contribution in [3.05, 3.63) is 12.2 Å². The Morgan fingerprint density at radius 1 is 1.33 bits per heavy atom. The summed E-state index contributed by atoms with van der Waals surface area (Å²) in [6.45, 7) is 1.15. The van der Waals surface area contributed by atoms with Gasteiger partial charge in [0, 0.05) is 38.2 Å². The lowest BCUT2D eigenvalue weighted by Crippen LogP contribution is -2.33. The molecule has 0 bridgehead atoms. The first-order valence-corrected chi connectivity index (χ1v) is 4.56. The summed E-state index contributed by atoms with van der Waals surface area (Å²) in [5.74, 6) is -1.63. The number of rotatable bonds is 2. The van der Waals surface area contributed by atoms with E-state index in [1.807, 2.05) is 0 Å². The van der Waals surface area contributed by atoms with Gasteiger partial charge in [-0.15, -0.1) is 0 Å². The molecule has 0 aromatic rings. The second kappa shape index (κ2) is 5.14. The van der Waals surface area contributed by atoms with Crippen molar-refractivity contribution in [1.82, 2.24) is 10.2 Å². The van der Waals surface area contributed by atoms with E-state index in [0.29, 0.717) is 19.6 Å². The normalized spacial score (nSPS) is 17.3. The molecule has 0 aliphatic carbocycles. The average Bonchev–Trinajstić information content (AvgIpc) is 2.39. The largest absolute Gasteiger partial charge is 0.478 e. The highest BCUT2D eigenvalue weighted by molar-refractivity contribution is 5.94. The number of carbonyl (C=O) groups is 3. The number of carbonyl (C=O) groups excluding carboxylic acids is 2. The van der Waals surface area contributed by atoms with Crippen molar-refractivity contribution in [3.63, 3.8) is 0 Å². The van der Waals surface area contributed by atoms with Crippen LogP contribution >= 0.6 is 0 Å². The van der Waals surface area contributed by atoms with Gasteiger partial charge in [0.25, 0.3) is 0 Å². The van der Waals surface area contributed by atoms with Crippen LogP contribution in [0.3, 0.4) is 0 Å². The minimum absolute atomic E-state index is 0.0903. The van der Waals surface area contributed by atoms with Crippen molar-refractivity contribution >= 4 is 17.8 Å². The third kappa shape index (κ3) is 3.80. The number of carboxylic acid groups (broad SMARTS) is 1. The Labute approximate surface area is 86.6 Å². The van der Waals surface area contributed by atoms with Crippen molar-refractivity contribution in [2.24, 2.45) is 0 Å². The summed E-state index contributed by atoms with van der Waals surface area (Å²) in [4.78, 5) is 34.0. The first kappa shape index (κ1) is 11.2. The van der Waals surface area contributed by atoms with E-state index in [4.69, 9.17) is 5.11 Å². The highest BCUT2D eigenvalue weighted by Gasteiger charge is 2.16. The molecule has 2 amide bonds. The molecule has 0 aromatic heterocycles. The molecule has 6 nitrogen and oxygen atoms in total. The van der Waals surface area contributed by atoms with Gasteiger partial charge in [-0.25, -0.2) is 4.79 Å². The van der Waals surface area contributed by atoms with Crippen molar-refractivity contribution in [3.8, 4) is 0 Å². The van der Waals surface area contributed by atoms with Crippen LogP contribution < -0.4 is 5.32 Å². The number of aliphatic carboxylic acids is 1. The van der Waals surface area contributed by atoms with E-state index < -0.39 is 5.97 Å². The van der Waals surface area contributed by atoms with E-state index >= 15 is 0 Å². The Balaban J connectivity index is 2.52. The van der Waals surface area contributed by atoms with Crippen LogP contribution in [0.4, 0.5) is 0 Å². The summed E-state index contributed by atoms with van der Waals surface area (Å²) in [5, 5.41) is 11.0. The van der Waals surface area contributed by atoms with Crippen LogP contribution in [0.5, 0.6) is 0 Å². The van der Waals surface area contributed by atoms with E-state index in [0.717, 1.165) is 12.2 Å². The third-order valence-electron chi connectivity index (χ3n) is 1.99. The van der Waals surface area contributed by atoms with Crippen LogP contribution in [0.15, 0.2) is 12.2 Å². The fourth-order valence-electron chi connectivity index (χ4n) is 1.24. The number of nitrogens with one attached hydrogen (secondary N) is 1. The van der Waals surface area contributed by atoms with Crippen molar-refractivity contribution in [2.75, 3.05) is 19.6 Å². The summed E-state index contributed by atoms with van der Waals surface area (Å²) in [6, 6.07) is 0. The molecule has 0 unspecified atom stereocenters. The maximum atomic E-state index is 11.4. The summed E-state index contributed by atoms with van der Waals surface area (Å²) in [5.41, 5.74) is 0. The number of amides is 2. The zero-order chi connectivity index (χ0) is 11.3. The Kier molecular flexibility index (Phi) is 3.84. The minimum Gasteiger partial charge on any atom is -0.478 e. The lowest BCUT2D eigenvalue weighted by atomic mass is 10.3. The first-order valence-electron chi connectivity index (χ1n) is 4.56. The molecule has 82 valence electrons. The second-order valence-electron chi connectivity index (χ2n) is 3.10. The molecule has 0 atom stereocenters. The molecule has 0 spiro atoms. The topological polar surface area (TPSA) is 86.7 Å². The number of nitrogens with zero attached hydrogens (tertiary/aromatic N) is 1. The second-order valence-corrected chi connectivity index (χ2v) is 3.10. The highest BCUT2D eigenvalue weighted by Crippen LogP contribution is 1.98. The maximum absolute atomic E-state index is 11.4. The van der Waals surface area contributed by atoms with Gasteiger partial charge in [-0.05, 0) is 0 Å². The predicted molar refractivity (Wildman–Crippen MR) is 51.0 cm³/mol. The van der Waals surface area contributed by atoms with Gasteiger partial charge in [0.2, 0.25) is 11.8 Å². The number of carboxylic acids is 1. The summed E-state index contributed by atoms with van der Waals surface area (Å²) in [7, 11) is 0. The third-order valence-corrected chi connectivity index (χ3v) is 1.99. The highest BCUT2D eigenvalue weighted by atomic mass is 16.4. The molecule has 1 rings (SSSR count). The van der Waals surface area contributed by atoms with Crippen LogP contribution in [0, 0.1) is 0 Å². The molecule has 6 heteroatoms. The standard InChI is InChI=1S/C9H12N2O4/c12-7-3-5-11(6-4-10-7)8(13)1-2-9(14)15/h1-2H,3-6H2,(H,10,12)(H,14,15)/b2-1+. The number of hydrogen-bond donors (Lipinski definition) is 2. The van der Waals surface area contributed by atoms with Crippen LogP contribution in [-0.2, 0) is 14.4 Å². The first-order chi connectivity index (χ1) is 7.09. The van der Waals surface area contributed by atoms with Crippen molar-refractivity contribution in [2.45, 2.75) is 6.42 Å². The monoisotopic (exact) mass is 212 g/mol. The zero-order valence-electron chi connectivity index (χ0n) is 8.10. The molecule has 1 aliphatic rings. The number of hydrogen-bond acceptors (Lipinski definition) is 3. The summed E-state index contributed by atoms with van der Waals surface area (Å²) < 4.78 is 0. The molecule has 2 N–H and O–H groups in total. The molecule has 1 heterocycles. The van der Waals surface area contributed by atoms with Gasteiger partial charge in [0.05, 0.1) is 0 Å². The molecule has 1 saturated heterocycles. The smallest absolute Gasteiger partial charge is 0.328 e. The molecule has 1 aliphatic heterocycles. The Morgan fingerprint density at radius 3 is 2.73 bits per heavy atom. The van der Waals surface area contributed by atoms with Gasteiger partial charge in [-0.2, -0.15) is 0 Å². The fourth-order valence-corrected chi connectivity index (χ4v) is 1.24. The summed E-state index contributed by atoms with van der Waals surface area (Å²) in [6.07, 6.45) is 2.05.